The minimum Gasteiger partial charge on any atom is -0.497 e. The molecule has 3 rings (SSSR count). The van der Waals surface area contributed by atoms with Gasteiger partial charge in [-0.05, 0) is 37.0 Å². The van der Waals surface area contributed by atoms with E-state index < -0.39 is 5.97 Å². The molecule has 28 heavy (non-hydrogen) atoms. The lowest BCUT2D eigenvalue weighted by Crippen LogP contribution is -2.10. The first kappa shape index (κ1) is 19.7. The maximum Gasteiger partial charge on any atom is 0.334 e. The second-order valence-corrected chi connectivity index (χ2v) is 7.04. The van der Waals surface area contributed by atoms with E-state index in [1.807, 2.05) is 48.5 Å². The highest BCUT2D eigenvalue weighted by atomic mass is 16.5. The van der Waals surface area contributed by atoms with Crippen LogP contribution >= 0.6 is 0 Å². The molecule has 0 radical (unpaired) electrons. The highest BCUT2D eigenvalue weighted by Gasteiger charge is 2.13. The Balaban J connectivity index is 2.31. The van der Waals surface area contributed by atoms with Gasteiger partial charge in [0.25, 0.3) is 0 Å². The Hall–Kier alpha value is -3.01. The molecular weight excluding hydrogens is 352 g/mol. The van der Waals surface area contributed by atoms with Crippen LogP contribution in [0.2, 0.25) is 0 Å². The van der Waals surface area contributed by atoms with Gasteiger partial charge >= 0.3 is 5.97 Å². The highest BCUT2D eigenvalue weighted by Crippen LogP contribution is 2.23. The molecule has 146 valence electrons. The van der Waals surface area contributed by atoms with Crippen molar-refractivity contribution in [3.8, 4) is 5.75 Å². The number of hydrogen-bond donors (Lipinski definition) is 0. The van der Waals surface area contributed by atoms with Gasteiger partial charge in [-0.15, -0.1) is 0 Å². The van der Waals surface area contributed by atoms with Crippen LogP contribution in [-0.4, -0.2) is 19.7 Å². The van der Waals surface area contributed by atoms with E-state index in [1.54, 1.807) is 14.0 Å². The largest absolute Gasteiger partial charge is 0.497 e. The van der Waals surface area contributed by atoms with Gasteiger partial charge in [0.2, 0.25) is 0 Å². The molecule has 1 aromatic heterocycles. The van der Waals surface area contributed by atoms with Gasteiger partial charge in [0.1, 0.15) is 16.6 Å². The van der Waals surface area contributed by atoms with Gasteiger partial charge < -0.3 is 13.9 Å². The molecule has 0 aliphatic rings. The maximum absolute atomic E-state index is 12.0. The van der Waals surface area contributed by atoms with Gasteiger partial charge in [-0.3, -0.25) is 0 Å². The number of furan rings is 1. The van der Waals surface area contributed by atoms with Crippen molar-refractivity contribution in [1.82, 2.24) is 0 Å². The van der Waals surface area contributed by atoms with Crippen molar-refractivity contribution in [1.29, 1.82) is 0 Å². The lowest BCUT2D eigenvalue weighted by molar-refractivity contribution is -0.135. The van der Waals surface area contributed by atoms with Gasteiger partial charge in [-0.1, -0.05) is 50.2 Å². The number of benzene rings is 2. The predicted octanol–water partition coefficient (Wildman–Crippen LogP) is 4.03. The van der Waals surface area contributed by atoms with Crippen LogP contribution in [0.1, 0.15) is 32.8 Å². The molecule has 0 fully saturated rings. The number of rotatable bonds is 6. The average Bonchev–Trinajstić information content (AvgIpc) is 3.04. The fraction of sp³-hybridized carbons (Fsp3) is 0.292. The molecule has 0 aliphatic carbocycles. The van der Waals surface area contributed by atoms with E-state index in [0.29, 0.717) is 17.9 Å². The third-order valence-electron chi connectivity index (χ3n) is 4.51. The molecule has 3 aromatic rings. The topological polar surface area (TPSA) is 48.7 Å². The fourth-order valence-electron chi connectivity index (χ4n) is 3.28. The van der Waals surface area contributed by atoms with Crippen molar-refractivity contribution in [2.75, 3.05) is 13.7 Å². The third kappa shape index (κ3) is 4.28. The zero-order valence-corrected chi connectivity index (χ0v) is 16.8. The molecular formula is C24H26O4. The first-order valence-corrected chi connectivity index (χ1v) is 9.57. The molecule has 1 heterocycles. The zero-order chi connectivity index (χ0) is 20.1. The van der Waals surface area contributed by atoms with Gasteiger partial charge in [-0.2, -0.15) is 0 Å². The highest BCUT2D eigenvalue weighted by molar-refractivity contribution is 6.02. The number of hydrogen-bond acceptors (Lipinski definition) is 4. The quantitative estimate of drug-likeness (QED) is 0.608. The molecule has 2 aromatic carbocycles. The molecule has 0 amide bonds. The monoisotopic (exact) mass is 378 g/mol. The van der Waals surface area contributed by atoms with Gasteiger partial charge in [0, 0.05) is 16.3 Å². The molecule has 4 nitrogen and oxygen atoms in total. The standard InChI is InChI=1S/C24H26O4/c1-5-27-23(25)15-22-19-8-6-7-9-20(19)24(28-22)21(14-16(2)3)17-10-12-18(26-4)13-11-17/h6-13,15-16H,5,14H2,1-4H3/b22-15+,24-21-. The molecule has 4 heteroatoms. The molecule has 0 bridgehead atoms. The number of carbonyl (C=O) groups excluding carboxylic acids is 1. The lowest BCUT2D eigenvalue weighted by Gasteiger charge is -2.10. The first-order chi connectivity index (χ1) is 13.5. The van der Waals surface area contributed by atoms with Gasteiger partial charge in [0.05, 0.1) is 19.8 Å². The third-order valence-corrected chi connectivity index (χ3v) is 4.51. The van der Waals surface area contributed by atoms with Crippen LogP contribution in [0.3, 0.4) is 0 Å². The van der Waals surface area contributed by atoms with E-state index in [1.165, 1.54) is 6.08 Å². The Morgan fingerprint density at radius 3 is 2.36 bits per heavy atom. The van der Waals surface area contributed by atoms with Crippen molar-refractivity contribution in [3.05, 3.63) is 64.9 Å². The van der Waals surface area contributed by atoms with Crippen molar-refractivity contribution < 1.29 is 18.7 Å². The summed E-state index contributed by atoms with van der Waals surface area (Å²) in [5.74, 6) is 0.857. The average molecular weight is 378 g/mol. The van der Waals surface area contributed by atoms with E-state index in [-0.39, 0.29) is 0 Å². The van der Waals surface area contributed by atoms with Gasteiger partial charge in [-0.25, -0.2) is 4.79 Å². The Morgan fingerprint density at radius 1 is 1.07 bits per heavy atom. The minimum atomic E-state index is -0.400. The van der Waals surface area contributed by atoms with Crippen LogP contribution in [0.4, 0.5) is 0 Å². The molecule has 0 spiro atoms. The van der Waals surface area contributed by atoms with E-state index in [4.69, 9.17) is 13.9 Å². The molecule has 0 aliphatic heterocycles. The summed E-state index contributed by atoms with van der Waals surface area (Å²) in [4.78, 5) is 12.0. The second-order valence-electron chi connectivity index (χ2n) is 7.04. The lowest BCUT2D eigenvalue weighted by atomic mass is 9.95. The van der Waals surface area contributed by atoms with Crippen LogP contribution in [0.15, 0.2) is 52.9 Å². The molecule has 0 unspecified atom stereocenters. The van der Waals surface area contributed by atoms with Gasteiger partial charge in [0.15, 0.2) is 0 Å². The van der Waals surface area contributed by atoms with Crippen LogP contribution in [0, 0.1) is 5.92 Å². The second kappa shape index (κ2) is 8.79. The summed E-state index contributed by atoms with van der Waals surface area (Å²) in [6.07, 6.45) is 2.28. The van der Waals surface area contributed by atoms with Crippen LogP contribution in [0.25, 0.3) is 22.4 Å². The van der Waals surface area contributed by atoms with Crippen LogP contribution < -0.4 is 15.6 Å². The number of ether oxygens (including phenoxy) is 2. The summed E-state index contributed by atoms with van der Waals surface area (Å²) in [7, 11) is 1.66. The Kier molecular flexibility index (Phi) is 6.19. The van der Waals surface area contributed by atoms with E-state index in [0.717, 1.165) is 39.5 Å². The Bertz CT molecular complexity index is 1070. The number of carbonyl (C=O) groups is 1. The van der Waals surface area contributed by atoms with E-state index in [9.17, 15) is 4.79 Å². The van der Waals surface area contributed by atoms with Crippen LogP contribution in [-0.2, 0) is 9.53 Å². The predicted molar refractivity (Wildman–Crippen MR) is 112 cm³/mol. The van der Waals surface area contributed by atoms with Crippen molar-refractivity contribution in [3.63, 3.8) is 0 Å². The summed E-state index contributed by atoms with van der Waals surface area (Å²) < 4.78 is 16.6. The normalized spacial score (nSPS) is 13.1. The van der Waals surface area contributed by atoms with E-state index >= 15 is 0 Å². The summed E-state index contributed by atoms with van der Waals surface area (Å²) >= 11 is 0. The maximum atomic E-state index is 12.0. The first-order valence-electron chi connectivity index (χ1n) is 9.57. The SMILES string of the molecule is CCOC(=O)/C=c1/o/c(=C(/CC(C)C)c2ccc(OC)cc2)c2ccccc12. The van der Waals surface area contributed by atoms with E-state index in [2.05, 4.69) is 13.8 Å². The number of esters is 1. The summed E-state index contributed by atoms with van der Waals surface area (Å²) in [6, 6.07) is 15.9. The van der Waals surface area contributed by atoms with Crippen LogP contribution in [0.5, 0.6) is 5.75 Å². The number of fused-ring (bicyclic) bond motifs is 1. The minimum absolute atomic E-state index is 0.331. The molecule has 0 saturated heterocycles. The zero-order valence-electron chi connectivity index (χ0n) is 16.8. The van der Waals surface area contributed by atoms with Crippen molar-refractivity contribution in [2.24, 2.45) is 5.92 Å². The fourth-order valence-corrected chi connectivity index (χ4v) is 3.28. The summed E-state index contributed by atoms with van der Waals surface area (Å²) in [5.41, 5.74) is 3.51. The number of methoxy groups -OCH3 is 1. The smallest absolute Gasteiger partial charge is 0.334 e. The molecule has 0 N–H and O–H groups in total. The van der Waals surface area contributed by atoms with Crippen molar-refractivity contribution >= 4 is 28.4 Å². The Labute approximate surface area is 165 Å². The van der Waals surface area contributed by atoms with Crippen molar-refractivity contribution in [2.45, 2.75) is 27.2 Å². The Morgan fingerprint density at radius 2 is 1.75 bits per heavy atom. The summed E-state index contributed by atoms with van der Waals surface area (Å²) in [5, 5.41) is 1.89. The molecule has 0 atom stereocenters. The summed E-state index contributed by atoms with van der Waals surface area (Å²) in [6.45, 7) is 6.48. The molecule has 0 saturated carbocycles.